The molecule has 0 saturated heterocycles. The van der Waals surface area contributed by atoms with Crippen molar-refractivity contribution < 1.29 is 4.79 Å². The van der Waals surface area contributed by atoms with Gasteiger partial charge in [-0.15, -0.1) is 0 Å². The molecule has 0 aliphatic rings. The average molecular weight is 186 g/mol. The van der Waals surface area contributed by atoms with Crippen molar-refractivity contribution in [3.05, 3.63) is 11.9 Å². The Bertz CT molecular complexity index is 191. The van der Waals surface area contributed by atoms with Crippen molar-refractivity contribution in [1.82, 2.24) is 10.3 Å². The van der Waals surface area contributed by atoms with Gasteiger partial charge in [0.1, 0.15) is 0 Å². The monoisotopic (exact) mass is 186 g/mol. The van der Waals surface area contributed by atoms with Gasteiger partial charge in [-0.25, -0.2) is 0 Å². The summed E-state index contributed by atoms with van der Waals surface area (Å²) >= 11 is 0. The molecule has 0 aliphatic carbocycles. The minimum Gasteiger partial charge on any atom is -0.399 e. The number of hydrogen-bond acceptors (Lipinski definition) is 4. The number of hydrogen-bond donors (Lipinski definition) is 3. The van der Waals surface area contributed by atoms with Crippen LogP contribution < -0.4 is 17.0 Å². The van der Waals surface area contributed by atoms with E-state index >= 15 is 0 Å². The smallest absolute Gasteiger partial charge is 0.222 e. The molecule has 0 saturated carbocycles. The molecule has 0 heterocycles. The Balaban J connectivity index is 4.12. The highest BCUT2D eigenvalue weighted by Crippen LogP contribution is 1.96. The predicted octanol–water partition coefficient (Wildman–Crippen LogP) is -0.492. The summed E-state index contributed by atoms with van der Waals surface area (Å²) in [6.07, 6.45) is 1.97. The van der Waals surface area contributed by atoms with E-state index in [4.69, 9.17) is 11.6 Å². The molecule has 0 unspecified atom stereocenters. The molecule has 0 spiro atoms. The molecule has 0 aromatic carbocycles. The Morgan fingerprint density at radius 2 is 2.15 bits per heavy atom. The molecule has 0 atom stereocenters. The van der Waals surface area contributed by atoms with Crippen LogP contribution in [-0.2, 0) is 4.79 Å². The fraction of sp³-hybridized carbons (Fsp3) is 0.625. The Hall–Kier alpha value is -1.23. The lowest BCUT2D eigenvalue weighted by atomic mass is 10.3. The number of hydrazine groups is 1. The SMILES string of the molecule is CCC(=O)N(CC)C/C(N)=C/NN. The Kier molecular flexibility index (Phi) is 5.71. The van der Waals surface area contributed by atoms with Gasteiger partial charge in [-0.2, -0.15) is 0 Å². The molecule has 13 heavy (non-hydrogen) atoms. The summed E-state index contributed by atoms with van der Waals surface area (Å²) in [5, 5.41) is 0. The molecule has 5 N–H and O–H groups in total. The van der Waals surface area contributed by atoms with Gasteiger partial charge in [0.05, 0.1) is 6.54 Å². The van der Waals surface area contributed by atoms with E-state index in [0.29, 0.717) is 25.2 Å². The summed E-state index contributed by atoms with van der Waals surface area (Å²) in [4.78, 5) is 12.9. The highest BCUT2D eigenvalue weighted by molar-refractivity contribution is 5.76. The zero-order valence-electron chi connectivity index (χ0n) is 8.21. The maximum absolute atomic E-state index is 11.3. The van der Waals surface area contributed by atoms with E-state index in [1.54, 1.807) is 4.90 Å². The average Bonchev–Trinajstić information content (AvgIpc) is 2.13. The first-order valence-corrected chi connectivity index (χ1v) is 4.34. The minimum absolute atomic E-state index is 0.0934. The highest BCUT2D eigenvalue weighted by atomic mass is 16.2. The lowest BCUT2D eigenvalue weighted by Gasteiger charge is -2.20. The van der Waals surface area contributed by atoms with E-state index in [1.165, 1.54) is 6.20 Å². The fourth-order valence-corrected chi connectivity index (χ4v) is 0.973. The van der Waals surface area contributed by atoms with Crippen molar-refractivity contribution in [1.29, 1.82) is 0 Å². The van der Waals surface area contributed by atoms with Gasteiger partial charge in [-0.1, -0.05) is 6.92 Å². The van der Waals surface area contributed by atoms with Gasteiger partial charge in [0.2, 0.25) is 5.91 Å². The number of carbonyl (C=O) groups excluding carboxylic acids is 1. The molecule has 76 valence electrons. The van der Waals surface area contributed by atoms with Crippen molar-refractivity contribution >= 4 is 5.91 Å². The van der Waals surface area contributed by atoms with E-state index in [9.17, 15) is 4.79 Å². The van der Waals surface area contributed by atoms with Crippen LogP contribution in [-0.4, -0.2) is 23.9 Å². The van der Waals surface area contributed by atoms with E-state index in [1.807, 2.05) is 13.8 Å². The third-order valence-corrected chi connectivity index (χ3v) is 1.68. The molecule has 5 heteroatoms. The summed E-state index contributed by atoms with van der Waals surface area (Å²) in [6.45, 7) is 4.82. The van der Waals surface area contributed by atoms with Crippen molar-refractivity contribution in [3.8, 4) is 0 Å². The number of nitrogens with zero attached hydrogens (tertiary/aromatic N) is 1. The normalized spacial score (nSPS) is 11.2. The van der Waals surface area contributed by atoms with E-state index in [0.717, 1.165) is 0 Å². The van der Waals surface area contributed by atoms with E-state index in [2.05, 4.69) is 5.43 Å². The summed E-state index contributed by atoms with van der Waals surface area (Å²) in [7, 11) is 0. The van der Waals surface area contributed by atoms with E-state index < -0.39 is 0 Å². The number of nitrogens with one attached hydrogen (secondary N) is 1. The second-order valence-corrected chi connectivity index (χ2v) is 2.65. The number of rotatable bonds is 5. The van der Waals surface area contributed by atoms with Gasteiger partial charge >= 0.3 is 0 Å². The van der Waals surface area contributed by atoms with Gasteiger partial charge in [0.25, 0.3) is 0 Å². The zero-order valence-corrected chi connectivity index (χ0v) is 8.21. The van der Waals surface area contributed by atoms with Crippen molar-refractivity contribution in [3.63, 3.8) is 0 Å². The molecule has 5 nitrogen and oxygen atoms in total. The number of amides is 1. The standard InChI is InChI=1S/C8H18N4O/c1-3-8(13)12(4-2)6-7(9)5-11-10/h5,11H,3-4,6,9-10H2,1-2H3/b7-5-. The van der Waals surface area contributed by atoms with E-state index in [-0.39, 0.29) is 5.91 Å². The number of carbonyl (C=O) groups is 1. The molecule has 1 amide bonds. The van der Waals surface area contributed by atoms with Crippen LogP contribution in [0.1, 0.15) is 20.3 Å². The maximum Gasteiger partial charge on any atom is 0.222 e. The lowest BCUT2D eigenvalue weighted by Crippen LogP contribution is -2.34. The molecular weight excluding hydrogens is 168 g/mol. The second-order valence-electron chi connectivity index (χ2n) is 2.65. The minimum atomic E-state index is 0.0934. The summed E-state index contributed by atoms with van der Waals surface area (Å²) in [5.74, 6) is 5.14. The Morgan fingerprint density at radius 1 is 1.54 bits per heavy atom. The van der Waals surface area contributed by atoms with Gasteiger partial charge in [-0.05, 0) is 6.92 Å². The summed E-state index contributed by atoms with van der Waals surface area (Å²) in [5.41, 5.74) is 8.45. The largest absolute Gasteiger partial charge is 0.399 e. The molecular formula is C8H18N4O. The second kappa shape index (κ2) is 6.30. The Morgan fingerprint density at radius 3 is 2.54 bits per heavy atom. The number of likely N-dealkylation sites (N-methyl/N-ethyl adjacent to an activating group) is 1. The van der Waals surface area contributed by atoms with Gasteiger partial charge in [0, 0.05) is 24.9 Å². The molecule has 0 fully saturated rings. The molecule has 0 aromatic rings. The summed E-state index contributed by atoms with van der Waals surface area (Å²) in [6, 6.07) is 0. The highest BCUT2D eigenvalue weighted by Gasteiger charge is 2.08. The molecule has 0 aromatic heterocycles. The van der Waals surface area contributed by atoms with Crippen LogP contribution in [0.3, 0.4) is 0 Å². The topological polar surface area (TPSA) is 84.4 Å². The molecule has 0 radical (unpaired) electrons. The maximum atomic E-state index is 11.3. The van der Waals surface area contributed by atoms with Crippen LogP contribution in [0.2, 0.25) is 0 Å². The van der Waals surface area contributed by atoms with Crippen LogP contribution in [0.25, 0.3) is 0 Å². The zero-order chi connectivity index (χ0) is 10.3. The Labute approximate surface area is 78.7 Å². The van der Waals surface area contributed by atoms with Gasteiger partial charge < -0.3 is 16.1 Å². The fourth-order valence-electron chi connectivity index (χ4n) is 0.973. The number of nitrogens with two attached hydrogens (primary N) is 2. The van der Waals surface area contributed by atoms with Gasteiger partial charge in [0.15, 0.2) is 0 Å². The molecule has 0 rings (SSSR count). The predicted molar refractivity (Wildman–Crippen MR) is 52.1 cm³/mol. The van der Waals surface area contributed by atoms with Crippen LogP contribution >= 0.6 is 0 Å². The first-order valence-electron chi connectivity index (χ1n) is 4.34. The quantitative estimate of drug-likeness (QED) is 0.399. The molecule has 0 bridgehead atoms. The van der Waals surface area contributed by atoms with Crippen LogP contribution in [0.15, 0.2) is 11.9 Å². The molecule has 0 aliphatic heterocycles. The van der Waals surface area contributed by atoms with Crippen LogP contribution in [0, 0.1) is 0 Å². The van der Waals surface area contributed by atoms with Crippen molar-refractivity contribution in [2.24, 2.45) is 11.6 Å². The summed E-state index contributed by atoms with van der Waals surface area (Å²) < 4.78 is 0. The van der Waals surface area contributed by atoms with Crippen molar-refractivity contribution in [2.45, 2.75) is 20.3 Å². The van der Waals surface area contributed by atoms with Gasteiger partial charge in [-0.3, -0.25) is 10.6 Å². The van der Waals surface area contributed by atoms with Crippen LogP contribution in [0.4, 0.5) is 0 Å². The first kappa shape index (κ1) is 11.8. The third kappa shape index (κ3) is 4.37. The lowest BCUT2D eigenvalue weighted by molar-refractivity contribution is -0.130. The van der Waals surface area contributed by atoms with Crippen molar-refractivity contribution in [2.75, 3.05) is 13.1 Å². The van der Waals surface area contributed by atoms with Crippen LogP contribution in [0.5, 0.6) is 0 Å². The third-order valence-electron chi connectivity index (χ3n) is 1.68. The first-order chi connectivity index (χ1) is 6.15.